The fourth-order valence-corrected chi connectivity index (χ4v) is 1.29. The summed E-state index contributed by atoms with van der Waals surface area (Å²) >= 11 is 0. The number of hydrogen-bond acceptors (Lipinski definition) is 4. The van der Waals surface area contributed by atoms with E-state index in [1.54, 1.807) is 31.2 Å². The number of hydrogen-bond donors (Lipinski definition) is 2. The molecule has 17 heavy (non-hydrogen) atoms. The maximum absolute atomic E-state index is 11.3. The highest BCUT2D eigenvalue weighted by molar-refractivity contribution is 5.80. The van der Waals surface area contributed by atoms with Crippen LogP contribution in [-0.4, -0.2) is 28.3 Å². The van der Waals surface area contributed by atoms with Gasteiger partial charge in [0.2, 0.25) is 0 Å². The summed E-state index contributed by atoms with van der Waals surface area (Å²) in [5.41, 5.74) is 0.781. The predicted molar refractivity (Wildman–Crippen MR) is 59.2 cm³/mol. The summed E-state index contributed by atoms with van der Waals surface area (Å²) in [7, 11) is 0. The van der Waals surface area contributed by atoms with Gasteiger partial charge in [-0.1, -0.05) is 30.3 Å². The molecular weight excluding hydrogens is 224 g/mol. The molecule has 0 aliphatic rings. The van der Waals surface area contributed by atoms with Gasteiger partial charge in [0.15, 0.2) is 6.10 Å². The Hall–Kier alpha value is -1.88. The smallest absolute Gasteiger partial charge is 0.336 e. The summed E-state index contributed by atoms with van der Waals surface area (Å²) < 4.78 is 4.95. The van der Waals surface area contributed by atoms with Crippen LogP contribution in [0.15, 0.2) is 30.3 Å². The molecule has 2 atom stereocenters. The van der Waals surface area contributed by atoms with Crippen molar-refractivity contribution in [3.05, 3.63) is 35.9 Å². The first-order chi connectivity index (χ1) is 8.00. The average molecular weight is 238 g/mol. The van der Waals surface area contributed by atoms with E-state index in [0.29, 0.717) is 0 Å². The zero-order valence-electron chi connectivity index (χ0n) is 9.37. The number of carbonyl (C=O) groups excluding carboxylic acids is 1. The van der Waals surface area contributed by atoms with E-state index < -0.39 is 30.6 Å². The molecule has 0 heterocycles. The van der Waals surface area contributed by atoms with E-state index in [4.69, 9.17) is 9.84 Å². The minimum absolute atomic E-state index is 0.521. The Labute approximate surface area is 98.6 Å². The number of carboxylic acids is 1. The molecule has 2 N–H and O–H groups in total. The molecule has 0 aliphatic heterocycles. The Bertz CT molecular complexity index is 387. The number of aliphatic hydroxyl groups is 1. The Morgan fingerprint density at radius 2 is 1.88 bits per heavy atom. The van der Waals surface area contributed by atoms with E-state index >= 15 is 0 Å². The third-order valence-corrected chi connectivity index (χ3v) is 2.20. The van der Waals surface area contributed by atoms with Gasteiger partial charge in [-0.2, -0.15) is 0 Å². The Kier molecular flexibility index (Phi) is 4.66. The number of aliphatic hydroxyl groups excluding tert-OH is 1. The molecule has 0 bridgehead atoms. The quantitative estimate of drug-likeness (QED) is 0.751. The van der Waals surface area contributed by atoms with Crippen molar-refractivity contribution in [1.29, 1.82) is 0 Å². The van der Waals surface area contributed by atoms with Gasteiger partial charge >= 0.3 is 11.9 Å². The fourth-order valence-electron chi connectivity index (χ4n) is 1.29. The van der Waals surface area contributed by atoms with Crippen molar-refractivity contribution in [2.24, 2.45) is 0 Å². The van der Waals surface area contributed by atoms with Gasteiger partial charge in [0.1, 0.15) is 6.10 Å². The first-order valence-corrected chi connectivity index (χ1v) is 5.16. The number of esters is 1. The standard InChI is InChI=1S/C12H14O5/c1-8(9-5-3-2-4-6-9)17-12(16)10(13)7-11(14)15/h2-6,8,10,13H,7H2,1H3,(H,14,15). The highest BCUT2D eigenvalue weighted by Crippen LogP contribution is 2.16. The largest absolute Gasteiger partial charge is 0.481 e. The molecule has 0 amide bonds. The first kappa shape index (κ1) is 13.2. The molecule has 0 spiro atoms. The van der Waals surface area contributed by atoms with Gasteiger partial charge in [0, 0.05) is 0 Å². The minimum Gasteiger partial charge on any atom is -0.481 e. The number of carbonyl (C=O) groups is 2. The van der Waals surface area contributed by atoms with Crippen LogP contribution in [0.3, 0.4) is 0 Å². The number of benzene rings is 1. The summed E-state index contributed by atoms with van der Waals surface area (Å²) in [5.74, 6) is -2.18. The molecule has 92 valence electrons. The SMILES string of the molecule is CC(OC(=O)C(O)CC(=O)O)c1ccccc1. The van der Waals surface area contributed by atoms with Crippen molar-refractivity contribution in [3.8, 4) is 0 Å². The molecule has 0 aliphatic carbocycles. The normalized spacial score (nSPS) is 13.8. The highest BCUT2D eigenvalue weighted by Gasteiger charge is 2.22. The van der Waals surface area contributed by atoms with Crippen LogP contribution >= 0.6 is 0 Å². The van der Waals surface area contributed by atoms with E-state index in [0.717, 1.165) is 5.56 Å². The van der Waals surface area contributed by atoms with Crippen LogP contribution in [0.25, 0.3) is 0 Å². The molecule has 5 nitrogen and oxygen atoms in total. The molecular formula is C12H14O5. The minimum atomic E-state index is -1.63. The number of carboxylic acid groups (broad SMARTS) is 1. The maximum atomic E-state index is 11.3. The summed E-state index contributed by atoms with van der Waals surface area (Å²) in [5, 5.41) is 17.6. The van der Waals surface area contributed by atoms with Crippen molar-refractivity contribution in [2.45, 2.75) is 25.6 Å². The van der Waals surface area contributed by atoms with E-state index in [1.807, 2.05) is 6.07 Å². The van der Waals surface area contributed by atoms with Gasteiger partial charge in [-0.25, -0.2) is 4.79 Å². The molecule has 0 radical (unpaired) electrons. The molecule has 1 aromatic rings. The van der Waals surface area contributed by atoms with Crippen LogP contribution in [-0.2, 0) is 14.3 Å². The Balaban J connectivity index is 2.54. The van der Waals surface area contributed by atoms with Gasteiger partial charge in [-0.15, -0.1) is 0 Å². The van der Waals surface area contributed by atoms with Crippen molar-refractivity contribution in [2.75, 3.05) is 0 Å². The second-order valence-electron chi connectivity index (χ2n) is 3.60. The van der Waals surface area contributed by atoms with Gasteiger partial charge < -0.3 is 14.9 Å². The molecule has 0 aromatic heterocycles. The van der Waals surface area contributed by atoms with E-state index in [-0.39, 0.29) is 0 Å². The van der Waals surface area contributed by atoms with Crippen LogP contribution in [0.5, 0.6) is 0 Å². The van der Waals surface area contributed by atoms with Crippen LogP contribution in [0, 0.1) is 0 Å². The first-order valence-electron chi connectivity index (χ1n) is 5.16. The average Bonchev–Trinajstić information content (AvgIpc) is 2.29. The van der Waals surface area contributed by atoms with Crippen LogP contribution in [0.1, 0.15) is 25.0 Å². The van der Waals surface area contributed by atoms with E-state index in [9.17, 15) is 14.7 Å². The second-order valence-corrected chi connectivity index (χ2v) is 3.60. The topological polar surface area (TPSA) is 83.8 Å². The molecule has 1 rings (SSSR count). The molecule has 0 fully saturated rings. The second kappa shape index (κ2) is 6.00. The van der Waals surface area contributed by atoms with Crippen LogP contribution in [0.2, 0.25) is 0 Å². The zero-order valence-corrected chi connectivity index (χ0v) is 9.37. The number of aliphatic carboxylic acids is 1. The van der Waals surface area contributed by atoms with E-state index in [1.165, 1.54) is 0 Å². The summed E-state index contributed by atoms with van der Waals surface area (Å²) in [6, 6.07) is 8.99. The molecule has 2 unspecified atom stereocenters. The van der Waals surface area contributed by atoms with E-state index in [2.05, 4.69) is 0 Å². The summed E-state index contributed by atoms with van der Waals surface area (Å²) in [4.78, 5) is 21.6. The highest BCUT2D eigenvalue weighted by atomic mass is 16.6. The lowest BCUT2D eigenvalue weighted by Crippen LogP contribution is -2.26. The third-order valence-electron chi connectivity index (χ3n) is 2.20. The van der Waals surface area contributed by atoms with Gasteiger partial charge in [0.25, 0.3) is 0 Å². The Morgan fingerprint density at radius 3 is 2.41 bits per heavy atom. The van der Waals surface area contributed by atoms with Gasteiger partial charge in [0.05, 0.1) is 6.42 Å². The van der Waals surface area contributed by atoms with Crippen molar-refractivity contribution >= 4 is 11.9 Å². The predicted octanol–water partition coefficient (Wildman–Crippen LogP) is 1.13. The van der Waals surface area contributed by atoms with Gasteiger partial charge in [-0.3, -0.25) is 4.79 Å². The number of rotatable bonds is 5. The van der Waals surface area contributed by atoms with Crippen LogP contribution in [0.4, 0.5) is 0 Å². The molecule has 0 saturated heterocycles. The lowest BCUT2D eigenvalue weighted by atomic mass is 10.1. The van der Waals surface area contributed by atoms with Gasteiger partial charge in [-0.05, 0) is 12.5 Å². The third kappa shape index (κ3) is 4.24. The fraction of sp³-hybridized carbons (Fsp3) is 0.333. The monoisotopic (exact) mass is 238 g/mol. The van der Waals surface area contributed by atoms with Crippen molar-refractivity contribution in [1.82, 2.24) is 0 Å². The number of ether oxygens (including phenoxy) is 1. The van der Waals surface area contributed by atoms with Crippen molar-refractivity contribution in [3.63, 3.8) is 0 Å². The maximum Gasteiger partial charge on any atom is 0.336 e. The summed E-state index contributed by atoms with van der Waals surface area (Å²) in [6.07, 6.45) is -2.80. The Morgan fingerprint density at radius 1 is 1.29 bits per heavy atom. The zero-order chi connectivity index (χ0) is 12.8. The molecule has 0 saturated carbocycles. The molecule has 5 heteroatoms. The molecule has 1 aromatic carbocycles. The van der Waals surface area contributed by atoms with Crippen molar-refractivity contribution < 1.29 is 24.5 Å². The lowest BCUT2D eigenvalue weighted by molar-refractivity contribution is -0.162. The summed E-state index contributed by atoms with van der Waals surface area (Å²) in [6.45, 7) is 1.65. The lowest BCUT2D eigenvalue weighted by Gasteiger charge is -2.15. The van der Waals surface area contributed by atoms with Crippen LogP contribution < -0.4 is 0 Å².